The van der Waals surface area contributed by atoms with Crippen LogP contribution in [0.1, 0.15) is 19.4 Å². The first kappa shape index (κ1) is 24.8. The molecule has 0 fully saturated rings. The summed E-state index contributed by atoms with van der Waals surface area (Å²) in [6.07, 6.45) is 2.58. The summed E-state index contributed by atoms with van der Waals surface area (Å²) in [5.74, 6) is -0.363. The maximum absolute atomic E-state index is 11.9. The van der Waals surface area contributed by atoms with Gasteiger partial charge in [0.2, 0.25) is 5.91 Å². The lowest BCUT2D eigenvalue weighted by molar-refractivity contribution is -0.131. The number of hydrogen-bond donors (Lipinski definition) is 2. The highest BCUT2D eigenvalue weighted by Gasteiger charge is 2.15. The number of carboxylic acids is 1. The molecule has 0 radical (unpaired) electrons. The SMILES string of the molecule is CC(C)C(=O)Nc1ccc(Oc2ccc(-c3cccc(C=CC(=O)O)c3)c(Cl)c2Cl)cc1Br. The van der Waals surface area contributed by atoms with E-state index < -0.39 is 5.97 Å². The van der Waals surface area contributed by atoms with Gasteiger partial charge in [0.05, 0.1) is 10.7 Å². The molecule has 2 N–H and O–H groups in total. The first-order valence-corrected chi connectivity index (χ1v) is 11.5. The average Bonchev–Trinajstić information content (AvgIpc) is 2.77. The number of anilines is 1. The third-order valence-corrected chi connectivity index (χ3v) is 6.13. The van der Waals surface area contributed by atoms with Crippen molar-refractivity contribution < 1.29 is 19.4 Å². The Morgan fingerprint density at radius 3 is 2.48 bits per heavy atom. The molecule has 3 aromatic carbocycles. The zero-order valence-electron chi connectivity index (χ0n) is 17.7. The molecule has 0 aromatic heterocycles. The summed E-state index contributed by atoms with van der Waals surface area (Å²) in [6, 6.07) is 16.0. The Bertz CT molecular complexity index is 1240. The van der Waals surface area contributed by atoms with Crippen molar-refractivity contribution in [3.05, 3.63) is 80.8 Å². The van der Waals surface area contributed by atoms with Gasteiger partial charge >= 0.3 is 5.97 Å². The van der Waals surface area contributed by atoms with Crippen LogP contribution in [0.2, 0.25) is 10.0 Å². The first-order valence-electron chi connectivity index (χ1n) is 9.93. The van der Waals surface area contributed by atoms with Crippen LogP contribution in [0.15, 0.2) is 65.1 Å². The maximum atomic E-state index is 11.9. The van der Waals surface area contributed by atoms with Crippen LogP contribution in [-0.4, -0.2) is 17.0 Å². The van der Waals surface area contributed by atoms with Crippen molar-refractivity contribution in [3.63, 3.8) is 0 Å². The number of halogens is 3. The van der Waals surface area contributed by atoms with Crippen LogP contribution >= 0.6 is 39.1 Å². The van der Waals surface area contributed by atoms with Crippen molar-refractivity contribution in [2.45, 2.75) is 13.8 Å². The molecule has 0 saturated carbocycles. The number of carbonyl (C=O) groups is 2. The van der Waals surface area contributed by atoms with E-state index in [2.05, 4.69) is 21.2 Å². The molecule has 0 bridgehead atoms. The highest BCUT2D eigenvalue weighted by atomic mass is 79.9. The van der Waals surface area contributed by atoms with E-state index in [-0.39, 0.29) is 16.8 Å². The van der Waals surface area contributed by atoms with E-state index in [1.54, 1.807) is 36.4 Å². The molecule has 3 aromatic rings. The smallest absolute Gasteiger partial charge is 0.328 e. The van der Waals surface area contributed by atoms with Gasteiger partial charge in [-0.3, -0.25) is 4.79 Å². The third-order valence-electron chi connectivity index (χ3n) is 4.61. The van der Waals surface area contributed by atoms with Gasteiger partial charge in [0.25, 0.3) is 0 Å². The highest BCUT2D eigenvalue weighted by molar-refractivity contribution is 9.10. The molecule has 3 rings (SSSR count). The van der Waals surface area contributed by atoms with E-state index in [9.17, 15) is 9.59 Å². The van der Waals surface area contributed by atoms with Gasteiger partial charge in [-0.05, 0) is 69.5 Å². The van der Waals surface area contributed by atoms with Crippen molar-refractivity contribution in [1.82, 2.24) is 0 Å². The summed E-state index contributed by atoms with van der Waals surface area (Å²) >= 11 is 16.5. The van der Waals surface area contributed by atoms with Gasteiger partial charge in [0.15, 0.2) is 0 Å². The zero-order valence-corrected chi connectivity index (χ0v) is 20.8. The van der Waals surface area contributed by atoms with Crippen LogP contribution in [0, 0.1) is 5.92 Å². The topological polar surface area (TPSA) is 75.6 Å². The normalized spacial score (nSPS) is 11.1. The Hall–Kier alpha value is -2.80. The third kappa shape index (κ3) is 6.38. The van der Waals surface area contributed by atoms with E-state index >= 15 is 0 Å². The maximum Gasteiger partial charge on any atom is 0.328 e. The van der Waals surface area contributed by atoms with E-state index in [0.29, 0.717) is 32.2 Å². The van der Waals surface area contributed by atoms with Crippen LogP contribution in [-0.2, 0) is 9.59 Å². The van der Waals surface area contributed by atoms with Gasteiger partial charge in [-0.15, -0.1) is 0 Å². The lowest BCUT2D eigenvalue weighted by Gasteiger charge is -2.14. The van der Waals surface area contributed by atoms with Crippen LogP contribution < -0.4 is 10.1 Å². The summed E-state index contributed by atoms with van der Waals surface area (Å²) in [5, 5.41) is 12.2. The molecule has 170 valence electrons. The van der Waals surface area contributed by atoms with Crippen molar-refractivity contribution in [2.75, 3.05) is 5.32 Å². The Morgan fingerprint density at radius 2 is 1.82 bits per heavy atom. The molecule has 5 nitrogen and oxygen atoms in total. The fraction of sp³-hybridized carbons (Fsp3) is 0.120. The Kier molecular flexibility index (Phi) is 8.19. The minimum atomic E-state index is -1.02. The molecule has 0 spiro atoms. The van der Waals surface area contributed by atoms with Crippen molar-refractivity contribution >= 4 is 62.8 Å². The van der Waals surface area contributed by atoms with Gasteiger partial charge < -0.3 is 15.2 Å². The van der Waals surface area contributed by atoms with Gasteiger partial charge in [-0.1, -0.05) is 55.2 Å². The molecule has 8 heteroatoms. The molecule has 0 saturated heterocycles. The number of carbonyl (C=O) groups excluding carboxylic acids is 1. The van der Waals surface area contributed by atoms with Crippen LogP contribution in [0.4, 0.5) is 5.69 Å². The van der Waals surface area contributed by atoms with Crippen LogP contribution in [0.3, 0.4) is 0 Å². The molecule has 33 heavy (non-hydrogen) atoms. The molecular formula is C25H20BrCl2NO4. The number of amides is 1. The number of ether oxygens (including phenoxy) is 1. The summed E-state index contributed by atoms with van der Waals surface area (Å²) in [4.78, 5) is 22.7. The van der Waals surface area contributed by atoms with Crippen molar-refractivity contribution in [3.8, 4) is 22.6 Å². The number of nitrogens with one attached hydrogen (secondary N) is 1. The number of carboxylic acid groups (broad SMARTS) is 1. The molecule has 0 aliphatic rings. The standard InChI is InChI=1S/C25H20BrCl2NO4/c1-14(2)25(32)29-20-9-7-17(13-19(20)26)33-21-10-8-18(23(27)24(21)28)16-5-3-4-15(12-16)6-11-22(30)31/h3-14H,1-2H3,(H,29,32)(H,30,31). The Labute approximate surface area is 210 Å². The number of aliphatic carboxylic acids is 1. The lowest BCUT2D eigenvalue weighted by Crippen LogP contribution is -2.17. The quantitative estimate of drug-likeness (QED) is 0.294. The van der Waals surface area contributed by atoms with E-state index in [1.165, 1.54) is 6.08 Å². The lowest BCUT2D eigenvalue weighted by atomic mass is 10.0. The van der Waals surface area contributed by atoms with E-state index in [4.69, 9.17) is 33.0 Å². The molecule has 0 heterocycles. The summed E-state index contributed by atoms with van der Waals surface area (Å²) in [6.45, 7) is 3.64. The number of benzene rings is 3. The molecule has 0 unspecified atom stereocenters. The number of hydrogen-bond acceptors (Lipinski definition) is 3. The Morgan fingerprint density at radius 1 is 1.06 bits per heavy atom. The predicted octanol–water partition coefficient (Wildman–Crippen LogP) is 7.91. The second-order valence-corrected chi connectivity index (χ2v) is 9.03. The van der Waals surface area contributed by atoms with Gasteiger partial charge in [0.1, 0.15) is 16.5 Å². The van der Waals surface area contributed by atoms with Gasteiger partial charge in [0, 0.05) is 22.0 Å². The molecular weight excluding hydrogens is 529 g/mol. The van der Waals surface area contributed by atoms with E-state index in [0.717, 1.165) is 17.2 Å². The first-order chi connectivity index (χ1) is 15.7. The fourth-order valence-electron chi connectivity index (χ4n) is 2.88. The number of rotatable bonds is 7. The summed E-state index contributed by atoms with van der Waals surface area (Å²) < 4.78 is 6.59. The monoisotopic (exact) mass is 547 g/mol. The molecule has 0 aliphatic heterocycles. The Balaban J connectivity index is 1.84. The second-order valence-electron chi connectivity index (χ2n) is 7.42. The minimum Gasteiger partial charge on any atom is -0.478 e. The van der Waals surface area contributed by atoms with Crippen LogP contribution in [0.25, 0.3) is 17.2 Å². The average molecular weight is 549 g/mol. The fourth-order valence-corrected chi connectivity index (χ4v) is 3.80. The highest BCUT2D eigenvalue weighted by Crippen LogP contribution is 2.42. The van der Waals surface area contributed by atoms with Crippen molar-refractivity contribution in [1.29, 1.82) is 0 Å². The molecule has 0 atom stereocenters. The molecule has 0 aliphatic carbocycles. The van der Waals surface area contributed by atoms with Gasteiger partial charge in [-0.2, -0.15) is 0 Å². The predicted molar refractivity (Wildman–Crippen MR) is 136 cm³/mol. The van der Waals surface area contributed by atoms with Crippen LogP contribution in [0.5, 0.6) is 11.5 Å². The van der Waals surface area contributed by atoms with E-state index in [1.807, 2.05) is 32.0 Å². The minimum absolute atomic E-state index is 0.0858. The van der Waals surface area contributed by atoms with Gasteiger partial charge in [-0.25, -0.2) is 4.79 Å². The zero-order chi connectivity index (χ0) is 24.1. The largest absolute Gasteiger partial charge is 0.478 e. The summed E-state index contributed by atoms with van der Waals surface area (Å²) in [5.41, 5.74) is 2.83. The summed E-state index contributed by atoms with van der Waals surface area (Å²) in [7, 11) is 0. The second kappa shape index (κ2) is 10.9. The van der Waals surface area contributed by atoms with Crippen molar-refractivity contribution in [2.24, 2.45) is 5.92 Å². The molecule has 1 amide bonds.